The van der Waals surface area contributed by atoms with Gasteiger partial charge in [-0.15, -0.1) is 0 Å². The standard InChI is InChI=1S/C14H21BClN3O2/c1-9-10(8-18-12(16)19-9)6-11(7-17)15-20-13(2,3)14(4,5)21-15/h6,8H,7,17H2,1-5H3. The van der Waals surface area contributed by atoms with Crippen LogP contribution < -0.4 is 5.73 Å². The summed E-state index contributed by atoms with van der Waals surface area (Å²) >= 11 is 5.77. The Morgan fingerprint density at radius 2 is 1.90 bits per heavy atom. The molecule has 0 spiro atoms. The molecule has 0 aliphatic carbocycles. The molecule has 0 saturated carbocycles. The molecule has 7 heteroatoms. The summed E-state index contributed by atoms with van der Waals surface area (Å²) in [6.07, 6.45) is 3.58. The lowest BCUT2D eigenvalue weighted by molar-refractivity contribution is 0.00578. The fourth-order valence-electron chi connectivity index (χ4n) is 2.01. The SMILES string of the molecule is Cc1nc(Cl)ncc1C=C(CN)B1OC(C)(C)C(C)(C)O1. The summed E-state index contributed by atoms with van der Waals surface area (Å²) in [5.41, 5.74) is 7.57. The molecular formula is C14H21BClN3O2. The van der Waals surface area contributed by atoms with E-state index in [4.69, 9.17) is 26.6 Å². The van der Waals surface area contributed by atoms with Gasteiger partial charge in [0.15, 0.2) is 0 Å². The molecule has 2 rings (SSSR count). The smallest absolute Gasteiger partial charge is 0.400 e. The first-order valence-corrected chi connectivity index (χ1v) is 7.29. The average Bonchev–Trinajstić information content (AvgIpc) is 2.57. The van der Waals surface area contributed by atoms with Crippen molar-refractivity contribution in [1.29, 1.82) is 0 Å². The van der Waals surface area contributed by atoms with Crippen LogP contribution in [0, 0.1) is 6.92 Å². The van der Waals surface area contributed by atoms with Gasteiger partial charge < -0.3 is 15.0 Å². The zero-order valence-corrected chi connectivity index (χ0v) is 13.9. The zero-order valence-electron chi connectivity index (χ0n) is 13.1. The molecule has 1 aromatic heterocycles. The monoisotopic (exact) mass is 309 g/mol. The zero-order chi connectivity index (χ0) is 15.8. The van der Waals surface area contributed by atoms with Gasteiger partial charge in [-0.3, -0.25) is 0 Å². The summed E-state index contributed by atoms with van der Waals surface area (Å²) in [4.78, 5) is 8.13. The Kier molecular flexibility index (Phi) is 4.45. The lowest BCUT2D eigenvalue weighted by Gasteiger charge is -2.32. The number of rotatable bonds is 3. The van der Waals surface area contributed by atoms with Gasteiger partial charge in [0.05, 0.1) is 11.2 Å². The Morgan fingerprint density at radius 1 is 1.33 bits per heavy atom. The van der Waals surface area contributed by atoms with Crippen LogP contribution in [0.5, 0.6) is 0 Å². The molecule has 114 valence electrons. The second-order valence-electron chi connectivity index (χ2n) is 6.19. The van der Waals surface area contributed by atoms with Crippen LogP contribution in [0.2, 0.25) is 5.28 Å². The molecule has 5 nitrogen and oxygen atoms in total. The van der Waals surface area contributed by atoms with Crippen molar-refractivity contribution in [2.45, 2.75) is 45.8 Å². The summed E-state index contributed by atoms with van der Waals surface area (Å²) in [5.74, 6) is 0. The van der Waals surface area contributed by atoms with Crippen molar-refractivity contribution in [2.24, 2.45) is 5.73 Å². The first kappa shape index (κ1) is 16.4. The molecular weight excluding hydrogens is 288 g/mol. The summed E-state index contributed by atoms with van der Waals surface area (Å²) in [5, 5.41) is 0.231. The summed E-state index contributed by atoms with van der Waals surface area (Å²) in [6, 6.07) is 0. The molecule has 0 aromatic carbocycles. The summed E-state index contributed by atoms with van der Waals surface area (Å²) in [7, 11) is -0.463. The van der Waals surface area contributed by atoms with Crippen molar-refractivity contribution < 1.29 is 9.31 Å². The van der Waals surface area contributed by atoms with E-state index in [0.717, 1.165) is 16.7 Å². The largest absolute Gasteiger partial charge is 0.491 e. The van der Waals surface area contributed by atoms with Gasteiger partial charge in [-0.05, 0) is 51.7 Å². The third-order valence-corrected chi connectivity index (χ3v) is 4.30. The Bertz CT molecular complexity index is 559. The minimum atomic E-state index is -0.463. The van der Waals surface area contributed by atoms with Crippen molar-refractivity contribution in [3.63, 3.8) is 0 Å². The minimum Gasteiger partial charge on any atom is -0.400 e. The van der Waals surface area contributed by atoms with E-state index in [-0.39, 0.29) is 5.28 Å². The maximum absolute atomic E-state index is 6.02. The maximum Gasteiger partial charge on any atom is 0.491 e. The third-order valence-electron chi connectivity index (χ3n) is 4.12. The van der Waals surface area contributed by atoms with Crippen LogP contribution in [0.1, 0.15) is 39.0 Å². The van der Waals surface area contributed by atoms with Crippen LogP contribution in [0.25, 0.3) is 6.08 Å². The highest BCUT2D eigenvalue weighted by molar-refractivity contribution is 6.55. The van der Waals surface area contributed by atoms with E-state index in [0.29, 0.717) is 6.54 Å². The number of aryl methyl sites for hydroxylation is 1. The van der Waals surface area contributed by atoms with E-state index in [1.165, 1.54) is 0 Å². The Balaban J connectivity index is 2.31. The van der Waals surface area contributed by atoms with Gasteiger partial charge in [0, 0.05) is 24.0 Å². The lowest BCUT2D eigenvalue weighted by atomic mass is 9.77. The normalized spacial score (nSPS) is 20.9. The highest BCUT2D eigenvalue weighted by Crippen LogP contribution is 2.38. The molecule has 2 heterocycles. The Labute approximate surface area is 131 Å². The van der Waals surface area contributed by atoms with Crippen molar-refractivity contribution in [1.82, 2.24) is 9.97 Å². The van der Waals surface area contributed by atoms with Gasteiger partial charge in [-0.25, -0.2) is 9.97 Å². The van der Waals surface area contributed by atoms with Crippen LogP contribution in [-0.2, 0) is 9.31 Å². The van der Waals surface area contributed by atoms with E-state index in [9.17, 15) is 0 Å². The number of nitrogens with zero attached hydrogens (tertiary/aromatic N) is 2. The van der Waals surface area contributed by atoms with E-state index in [1.807, 2.05) is 40.7 Å². The molecule has 1 aromatic rings. The van der Waals surface area contributed by atoms with Crippen molar-refractivity contribution >= 4 is 24.8 Å². The van der Waals surface area contributed by atoms with Gasteiger partial charge in [0.2, 0.25) is 5.28 Å². The Morgan fingerprint density at radius 3 is 2.38 bits per heavy atom. The molecule has 0 radical (unpaired) electrons. The first-order chi connectivity index (χ1) is 9.66. The minimum absolute atomic E-state index is 0.231. The summed E-state index contributed by atoms with van der Waals surface area (Å²) in [6.45, 7) is 10.3. The quantitative estimate of drug-likeness (QED) is 0.686. The van der Waals surface area contributed by atoms with Crippen LogP contribution in [0.3, 0.4) is 0 Å². The number of hydrogen-bond donors (Lipinski definition) is 1. The molecule has 0 amide bonds. The van der Waals surface area contributed by atoms with Crippen molar-refractivity contribution in [3.8, 4) is 0 Å². The van der Waals surface area contributed by atoms with Gasteiger partial charge in [-0.2, -0.15) is 0 Å². The molecule has 21 heavy (non-hydrogen) atoms. The summed E-state index contributed by atoms with van der Waals surface area (Å²) < 4.78 is 12.0. The molecule has 0 bridgehead atoms. The van der Waals surface area contributed by atoms with Crippen LogP contribution in [0.15, 0.2) is 11.7 Å². The van der Waals surface area contributed by atoms with Crippen LogP contribution >= 0.6 is 11.6 Å². The van der Waals surface area contributed by atoms with Gasteiger partial charge >= 0.3 is 7.12 Å². The lowest BCUT2D eigenvalue weighted by Crippen LogP contribution is -2.41. The highest BCUT2D eigenvalue weighted by atomic mass is 35.5. The third kappa shape index (κ3) is 3.29. The fourth-order valence-corrected chi connectivity index (χ4v) is 2.18. The first-order valence-electron chi connectivity index (χ1n) is 6.91. The fraction of sp³-hybridized carbons (Fsp3) is 0.571. The molecule has 1 saturated heterocycles. The molecule has 1 aliphatic rings. The second kappa shape index (κ2) is 5.68. The number of aromatic nitrogens is 2. The predicted octanol–water partition coefficient (Wildman–Crippen LogP) is 2.41. The Hall–Kier alpha value is -0.945. The molecule has 1 aliphatic heterocycles. The van der Waals surface area contributed by atoms with Gasteiger partial charge in [0.1, 0.15) is 0 Å². The van der Waals surface area contributed by atoms with Crippen molar-refractivity contribution in [3.05, 3.63) is 28.2 Å². The molecule has 1 fully saturated rings. The maximum atomic E-state index is 6.02. The van der Waals surface area contributed by atoms with Gasteiger partial charge in [0.25, 0.3) is 0 Å². The average molecular weight is 310 g/mol. The predicted molar refractivity (Wildman–Crippen MR) is 84.9 cm³/mol. The highest BCUT2D eigenvalue weighted by Gasteiger charge is 2.52. The van der Waals surface area contributed by atoms with Crippen LogP contribution in [0.4, 0.5) is 0 Å². The molecule has 0 atom stereocenters. The molecule has 2 N–H and O–H groups in total. The molecule has 0 unspecified atom stereocenters. The number of nitrogens with two attached hydrogens (primary N) is 1. The van der Waals surface area contributed by atoms with Crippen molar-refractivity contribution in [2.75, 3.05) is 6.54 Å². The second-order valence-corrected chi connectivity index (χ2v) is 6.53. The van der Waals surface area contributed by atoms with Crippen LogP contribution in [-0.4, -0.2) is 34.8 Å². The van der Waals surface area contributed by atoms with Gasteiger partial charge in [-0.1, -0.05) is 6.08 Å². The van der Waals surface area contributed by atoms with E-state index >= 15 is 0 Å². The topological polar surface area (TPSA) is 70.3 Å². The number of halogens is 1. The van der Waals surface area contributed by atoms with E-state index in [1.54, 1.807) is 6.20 Å². The van der Waals surface area contributed by atoms with E-state index < -0.39 is 18.3 Å². The number of hydrogen-bond acceptors (Lipinski definition) is 5. The van der Waals surface area contributed by atoms with E-state index in [2.05, 4.69) is 9.97 Å².